The summed E-state index contributed by atoms with van der Waals surface area (Å²) in [5, 5.41) is 5.14. The van der Waals surface area contributed by atoms with Gasteiger partial charge in [-0.2, -0.15) is 5.10 Å². The third-order valence-corrected chi connectivity index (χ3v) is 6.32. The highest BCUT2D eigenvalue weighted by atomic mass is 35.5. The molecule has 1 N–H and O–H groups in total. The van der Waals surface area contributed by atoms with Crippen molar-refractivity contribution in [2.75, 3.05) is 6.61 Å². The Balaban J connectivity index is 1.30. The molecule has 0 spiro atoms. The zero-order valence-electron chi connectivity index (χ0n) is 17.6. The summed E-state index contributed by atoms with van der Waals surface area (Å²) in [6.45, 7) is 1.76. The first-order valence-electron chi connectivity index (χ1n) is 10.0. The van der Waals surface area contributed by atoms with Crippen LogP contribution in [0.2, 0.25) is 5.02 Å². The first-order chi connectivity index (χ1) is 16.0. The molecular formula is C25H19ClN2O4S. The lowest BCUT2D eigenvalue weighted by Gasteiger charge is -2.07. The van der Waals surface area contributed by atoms with Gasteiger partial charge in [-0.15, -0.1) is 11.3 Å². The molecule has 1 aromatic heterocycles. The van der Waals surface area contributed by atoms with Crippen LogP contribution in [-0.2, 0) is 4.79 Å². The van der Waals surface area contributed by atoms with Gasteiger partial charge in [-0.25, -0.2) is 10.2 Å². The van der Waals surface area contributed by atoms with Gasteiger partial charge in [0.05, 0.1) is 11.2 Å². The van der Waals surface area contributed by atoms with Crippen LogP contribution >= 0.6 is 22.9 Å². The van der Waals surface area contributed by atoms with Crippen LogP contribution in [0, 0.1) is 6.92 Å². The number of carbonyl (C=O) groups excluding carboxylic acids is 2. The first kappa shape index (κ1) is 22.5. The third-order valence-electron chi connectivity index (χ3n) is 4.67. The maximum atomic E-state index is 12.5. The average Bonchev–Trinajstić information content (AvgIpc) is 3.16. The fourth-order valence-corrected chi connectivity index (χ4v) is 4.38. The average molecular weight is 479 g/mol. The van der Waals surface area contributed by atoms with Crippen LogP contribution in [0.5, 0.6) is 11.5 Å². The smallest absolute Gasteiger partial charge is 0.355 e. The van der Waals surface area contributed by atoms with E-state index >= 15 is 0 Å². The van der Waals surface area contributed by atoms with Crippen molar-refractivity contribution in [2.45, 2.75) is 6.92 Å². The molecule has 0 saturated heterocycles. The lowest BCUT2D eigenvalue weighted by atomic mass is 10.2. The van der Waals surface area contributed by atoms with Crippen LogP contribution in [0.4, 0.5) is 0 Å². The quantitative estimate of drug-likeness (QED) is 0.162. The zero-order chi connectivity index (χ0) is 23.2. The normalized spacial score (nSPS) is 11.0. The molecule has 4 aromatic rings. The molecule has 0 aliphatic rings. The highest BCUT2D eigenvalue weighted by Crippen LogP contribution is 2.35. The molecule has 0 atom stereocenters. The van der Waals surface area contributed by atoms with E-state index in [0.29, 0.717) is 21.4 Å². The van der Waals surface area contributed by atoms with Crippen LogP contribution in [-0.4, -0.2) is 24.7 Å². The summed E-state index contributed by atoms with van der Waals surface area (Å²) in [6.07, 6.45) is 1.49. The number of nitrogens with zero attached hydrogens (tertiary/aromatic N) is 1. The van der Waals surface area contributed by atoms with Crippen molar-refractivity contribution < 1.29 is 19.1 Å². The summed E-state index contributed by atoms with van der Waals surface area (Å²) in [4.78, 5) is 24.8. The summed E-state index contributed by atoms with van der Waals surface area (Å²) in [5.41, 5.74) is 4.08. The molecular weight excluding hydrogens is 460 g/mol. The largest absolute Gasteiger partial charge is 0.483 e. The number of hydrazone groups is 1. The van der Waals surface area contributed by atoms with Crippen LogP contribution in [0.3, 0.4) is 0 Å². The highest BCUT2D eigenvalue weighted by molar-refractivity contribution is 7.21. The Morgan fingerprint density at radius 3 is 2.52 bits per heavy atom. The summed E-state index contributed by atoms with van der Waals surface area (Å²) in [5.74, 6) is 0.142. The van der Waals surface area contributed by atoms with Crippen molar-refractivity contribution in [1.29, 1.82) is 0 Å². The van der Waals surface area contributed by atoms with Gasteiger partial charge in [0.15, 0.2) is 6.61 Å². The molecule has 3 aromatic carbocycles. The van der Waals surface area contributed by atoms with Crippen molar-refractivity contribution in [3.05, 3.63) is 93.8 Å². The van der Waals surface area contributed by atoms with Crippen molar-refractivity contribution in [3.63, 3.8) is 0 Å². The van der Waals surface area contributed by atoms with E-state index in [-0.39, 0.29) is 12.5 Å². The number of amides is 1. The van der Waals surface area contributed by atoms with Crippen LogP contribution in [0.25, 0.3) is 10.1 Å². The number of halogens is 1. The number of fused-ring (bicyclic) bond motifs is 1. The molecule has 0 unspecified atom stereocenters. The van der Waals surface area contributed by atoms with Crippen LogP contribution in [0.15, 0.2) is 77.9 Å². The summed E-state index contributed by atoms with van der Waals surface area (Å²) < 4.78 is 11.8. The number of hydrogen-bond acceptors (Lipinski definition) is 6. The zero-order valence-corrected chi connectivity index (χ0v) is 19.2. The standard InChI is InChI=1S/C25H19ClN2O4S/c1-16-6-2-4-8-20(16)31-15-22(29)28-27-14-17-10-12-18(13-11-17)32-25(30)24-23(26)19-7-3-5-9-21(19)33-24/h2-14H,15H2,1H3,(H,28,29)/b27-14-. The number of carbonyl (C=O) groups is 2. The Kier molecular flexibility index (Phi) is 7.02. The number of nitrogens with one attached hydrogen (secondary N) is 1. The molecule has 0 aliphatic heterocycles. The fourth-order valence-electron chi connectivity index (χ4n) is 2.99. The minimum atomic E-state index is -0.511. The molecule has 1 amide bonds. The molecule has 0 aliphatic carbocycles. The van der Waals surface area contributed by atoms with Crippen LogP contribution < -0.4 is 14.9 Å². The molecule has 33 heavy (non-hydrogen) atoms. The van der Waals surface area contributed by atoms with Crippen molar-refractivity contribution >= 4 is 51.1 Å². The summed E-state index contributed by atoms with van der Waals surface area (Å²) >= 11 is 7.63. The van der Waals surface area contributed by atoms with E-state index in [1.54, 1.807) is 30.3 Å². The molecule has 0 radical (unpaired) electrons. The second-order valence-corrected chi connectivity index (χ2v) is 8.48. The van der Waals surface area contributed by atoms with Gasteiger partial charge in [-0.3, -0.25) is 4.79 Å². The van der Waals surface area contributed by atoms with Crippen molar-refractivity contribution in [1.82, 2.24) is 5.43 Å². The lowest BCUT2D eigenvalue weighted by Crippen LogP contribution is -2.24. The van der Waals surface area contributed by atoms with Gasteiger partial charge < -0.3 is 9.47 Å². The minimum absolute atomic E-state index is 0.141. The molecule has 6 nitrogen and oxygen atoms in total. The monoisotopic (exact) mass is 478 g/mol. The second-order valence-electron chi connectivity index (χ2n) is 7.05. The molecule has 1 heterocycles. The maximum absolute atomic E-state index is 12.5. The van der Waals surface area contributed by atoms with E-state index in [1.807, 2.05) is 49.4 Å². The van der Waals surface area contributed by atoms with Crippen molar-refractivity contribution in [2.24, 2.45) is 5.10 Å². The molecule has 8 heteroatoms. The van der Waals surface area contributed by atoms with Gasteiger partial charge in [0, 0.05) is 10.1 Å². The lowest BCUT2D eigenvalue weighted by molar-refractivity contribution is -0.123. The van der Waals surface area contributed by atoms with E-state index < -0.39 is 5.97 Å². The van der Waals surface area contributed by atoms with Gasteiger partial charge in [-0.1, -0.05) is 48.0 Å². The molecule has 4 rings (SSSR count). The Morgan fingerprint density at radius 1 is 1.03 bits per heavy atom. The predicted octanol–water partition coefficient (Wildman–Crippen LogP) is 5.61. The number of rotatable bonds is 7. The number of hydrogen-bond donors (Lipinski definition) is 1. The Morgan fingerprint density at radius 2 is 1.76 bits per heavy atom. The van der Waals surface area contributed by atoms with E-state index in [9.17, 15) is 9.59 Å². The van der Waals surface area contributed by atoms with Crippen molar-refractivity contribution in [3.8, 4) is 11.5 Å². The first-order valence-corrected chi connectivity index (χ1v) is 11.2. The predicted molar refractivity (Wildman–Crippen MR) is 131 cm³/mol. The maximum Gasteiger partial charge on any atom is 0.355 e. The molecule has 0 fully saturated rings. The van der Waals surface area contributed by atoms with E-state index in [2.05, 4.69) is 10.5 Å². The van der Waals surface area contributed by atoms with Gasteiger partial charge in [0.25, 0.3) is 5.91 Å². The molecule has 0 saturated carbocycles. The van der Waals surface area contributed by atoms with Gasteiger partial charge >= 0.3 is 5.97 Å². The number of aryl methyl sites for hydroxylation is 1. The van der Waals surface area contributed by atoms with Gasteiger partial charge in [-0.05, 0) is 54.4 Å². The molecule has 0 bridgehead atoms. The highest BCUT2D eigenvalue weighted by Gasteiger charge is 2.18. The third kappa shape index (κ3) is 5.58. The van der Waals surface area contributed by atoms with Crippen LogP contribution in [0.1, 0.15) is 20.8 Å². The Labute approximate surface area is 199 Å². The van der Waals surface area contributed by atoms with E-state index in [4.69, 9.17) is 21.1 Å². The van der Waals surface area contributed by atoms with E-state index in [0.717, 1.165) is 21.2 Å². The number of thiophene rings is 1. The Bertz CT molecular complexity index is 1330. The molecule has 166 valence electrons. The number of benzene rings is 3. The number of para-hydroxylation sites is 1. The second kappa shape index (κ2) is 10.3. The summed E-state index contributed by atoms with van der Waals surface area (Å²) in [6, 6.07) is 21.7. The summed E-state index contributed by atoms with van der Waals surface area (Å²) in [7, 11) is 0. The SMILES string of the molecule is Cc1ccccc1OCC(=O)N/N=C\c1ccc(OC(=O)c2sc3ccccc3c2Cl)cc1. The van der Waals surface area contributed by atoms with Gasteiger partial charge in [0.2, 0.25) is 0 Å². The topological polar surface area (TPSA) is 77.0 Å². The number of esters is 1. The fraction of sp³-hybridized carbons (Fsp3) is 0.0800. The minimum Gasteiger partial charge on any atom is -0.483 e. The Hall–Kier alpha value is -3.68. The van der Waals surface area contributed by atoms with Gasteiger partial charge in [0.1, 0.15) is 16.4 Å². The number of ether oxygens (including phenoxy) is 2. The van der Waals surface area contributed by atoms with E-state index in [1.165, 1.54) is 17.6 Å².